The Hall–Kier alpha value is -3.78. The largest absolute Gasteiger partial charge is 0.471 e. The van der Waals surface area contributed by atoms with Crippen LogP contribution in [-0.4, -0.2) is 101 Å². The van der Waals surface area contributed by atoms with Crippen LogP contribution in [0.4, 0.5) is 22.0 Å². The minimum absolute atomic E-state index is 0.0124. The third kappa shape index (κ3) is 10.4. The number of benzene rings is 2. The maximum absolute atomic E-state index is 14.2. The van der Waals surface area contributed by atoms with E-state index in [4.69, 9.17) is 17.3 Å². The molecule has 0 radical (unpaired) electrons. The summed E-state index contributed by atoms with van der Waals surface area (Å²) in [5.41, 5.74) is 5.76. The van der Waals surface area contributed by atoms with Crippen LogP contribution in [0.3, 0.4) is 0 Å². The van der Waals surface area contributed by atoms with E-state index in [1.165, 1.54) is 47.9 Å². The number of carbonyl (C=O) groups is 4. The molecule has 4 amide bonds. The van der Waals surface area contributed by atoms with E-state index in [1.54, 1.807) is 31.2 Å². The van der Waals surface area contributed by atoms with Crippen LogP contribution >= 0.6 is 11.6 Å². The van der Waals surface area contributed by atoms with E-state index in [1.807, 2.05) is 0 Å². The van der Waals surface area contributed by atoms with Crippen molar-refractivity contribution in [3.05, 3.63) is 70.5 Å². The Bertz CT molecular complexity index is 1420. The van der Waals surface area contributed by atoms with Crippen LogP contribution in [-0.2, 0) is 32.0 Å². The molecular formula is C33H41ClF5N5O4. The van der Waals surface area contributed by atoms with Crippen LogP contribution in [0.25, 0.3) is 0 Å². The van der Waals surface area contributed by atoms with E-state index in [2.05, 4.69) is 5.32 Å². The molecule has 0 aliphatic carbocycles. The number of carbonyl (C=O) groups excluding carboxylic acids is 4. The van der Waals surface area contributed by atoms with Gasteiger partial charge < -0.3 is 25.8 Å². The molecule has 3 unspecified atom stereocenters. The summed E-state index contributed by atoms with van der Waals surface area (Å²) in [7, 11) is 0. The van der Waals surface area contributed by atoms with Gasteiger partial charge in [0.25, 0.3) is 0 Å². The van der Waals surface area contributed by atoms with Crippen LogP contribution in [0.15, 0.2) is 48.5 Å². The predicted molar refractivity (Wildman–Crippen MR) is 170 cm³/mol. The quantitative estimate of drug-likeness (QED) is 0.289. The molecule has 1 aliphatic rings. The van der Waals surface area contributed by atoms with Crippen LogP contribution in [0.5, 0.6) is 0 Å². The molecule has 1 saturated heterocycles. The second-order valence-electron chi connectivity index (χ2n) is 12.4. The Balaban J connectivity index is 1.97. The van der Waals surface area contributed by atoms with Gasteiger partial charge >= 0.3 is 12.1 Å². The molecule has 0 bridgehead atoms. The fourth-order valence-electron chi connectivity index (χ4n) is 5.56. The van der Waals surface area contributed by atoms with E-state index in [0.29, 0.717) is 27.5 Å². The van der Waals surface area contributed by atoms with Crippen molar-refractivity contribution < 1.29 is 41.1 Å². The fourth-order valence-corrected chi connectivity index (χ4v) is 5.69. The normalized spacial score (nSPS) is 16.8. The zero-order valence-corrected chi connectivity index (χ0v) is 27.8. The van der Waals surface area contributed by atoms with Crippen molar-refractivity contribution in [1.82, 2.24) is 20.0 Å². The number of hydrogen-bond acceptors (Lipinski definition) is 5. The van der Waals surface area contributed by atoms with Crippen molar-refractivity contribution in [3.63, 3.8) is 0 Å². The highest BCUT2D eigenvalue weighted by atomic mass is 35.5. The van der Waals surface area contributed by atoms with E-state index in [0.717, 1.165) is 0 Å². The van der Waals surface area contributed by atoms with Crippen molar-refractivity contribution in [2.45, 2.75) is 76.3 Å². The molecule has 48 heavy (non-hydrogen) atoms. The Morgan fingerprint density at radius 3 is 2.15 bits per heavy atom. The highest BCUT2D eigenvalue weighted by Gasteiger charge is 2.46. The van der Waals surface area contributed by atoms with Crippen molar-refractivity contribution in [2.75, 3.05) is 32.9 Å². The third-order valence-corrected chi connectivity index (χ3v) is 8.31. The van der Waals surface area contributed by atoms with Gasteiger partial charge in [-0.25, -0.2) is 8.78 Å². The molecule has 1 aliphatic heterocycles. The SMILES string of the molecule is CCCC1C(=O)N(C(Cc2ccc(Cl)cc2)CN(CCF)C(=O)C(F)(F)F)CCN1C(=O)C(Cc1ccc(F)cc1)NC(=O)C(C)(C)N. The molecule has 3 rings (SSSR count). The molecule has 9 nitrogen and oxygen atoms in total. The van der Waals surface area contributed by atoms with Crippen molar-refractivity contribution in [2.24, 2.45) is 5.73 Å². The monoisotopic (exact) mass is 701 g/mol. The number of amides is 4. The van der Waals surface area contributed by atoms with Gasteiger partial charge in [0.15, 0.2) is 0 Å². The van der Waals surface area contributed by atoms with E-state index >= 15 is 0 Å². The second-order valence-corrected chi connectivity index (χ2v) is 12.8. The van der Waals surface area contributed by atoms with E-state index in [-0.39, 0.29) is 32.4 Å². The summed E-state index contributed by atoms with van der Waals surface area (Å²) in [5, 5.41) is 3.07. The highest BCUT2D eigenvalue weighted by molar-refractivity contribution is 6.30. The first-order valence-corrected chi connectivity index (χ1v) is 16.0. The molecule has 0 aromatic heterocycles. The lowest BCUT2D eigenvalue weighted by Gasteiger charge is -2.46. The molecule has 3 atom stereocenters. The Morgan fingerprint density at radius 2 is 1.60 bits per heavy atom. The summed E-state index contributed by atoms with van der Waals surface area (Å²) in [6.45, 7) is 1.86. The summed E-state index contributed by atoms with van der Waals surface area (Å²) in [4.78, 5) is 56.5. The summed E-state index contributed by atoms with van der Waals surface area (Å²) < 4.78 is 67.4. The van der Waals surface area contributed by atoms with Crippen LogP contribution < -0.4 is 11.1 Å². The maximum atomic E-state index is 14.2. The van der Waals surface area contributed by atoms with Gasteiger partial charge in [-0.3, -0.25) is 19.2 Å². The summed E-state index contributed by atoms with van der Waals surface area (Å²) in [5.74, 6) is -4.52. The lowest BCUT2D eigenvalue weighted by atomic mass is 9.97. The predicted octanol–water partition coefficient (Wildman–Crippen LogP) is 4.05. The molecule has 264 valence electrons. The topological polar surface area (TPSA) is 116 Å². The van der Waals surface area contributed by atoms with Gasteiger partial charge in [0.1, 0.15) is 24.6 Å². The van der Waals surface area contributed by atoms with Crippen molar-refractivity contribution in [1.29, 1.82) is 0 Å². The summed E-state index contributed by atoms with van der Waals surface area (Å²) in [6.07, 6.45) is -4.66. The molecule has 1 heterocycles. The van der Waals surface area contributed by atoms with Gasteiger partial charge in [0.2, 0.25) is 17.7 Å². The number of alkyl halides is 4. The minimum Gasteiger partial charge on any atom is -0.342 e. The number of rotatable bonds is 14. The molecule has 0 saturated carbocycles. The summed E-state index contributed by atoms with van der Waals surface area (Å²) in [6, 6.07) is 8.52. The average molecular weight is 702 g/mol. The number of nitrogens with zero attached hydrogens (tertiary/aromatic N) is 3. The lowest BCUT2D eigenvalue weighted by molar-refractivity contribution is -0.186. The van der Waals surface area contributed by atoms with Crippen LogP contribution in [0.2, 0.25) is 5.02 Å². The molecule has 2 aromatic rings. The van der Waals surface area contributed by atoms with Gasteiger partial charge in [-0.1, -0.05) is 49.2 Å². The highest BCUT2D eigenvalue weighted by Crippen LogP contribution is 2.25. The Kier molecular flexibility index (Phi) is 13.3. The van der Waals surface area contributed by atoms with Gasteiger partial charge in [-0.05, 0) is 62.1 Å². The maximum Gasteiger partial charge on any atom is 0.471 e. The van der Waals surface area contributed by atoms with E-state index in [9.17, 15) is 41.1 Å². The summed E-state index contributed by atoms with van der Waals surface area (Å²) >= 11 is 6.01. The Labute approximate surface area is 281 Å². The minimum atomic E-state index is -5.26. The Morgan fingerprint density at radius 1 is 1.02 bits per heavy atom. The molecule has 2 aromatic carbocycles. The number of halogens is 6. The van der Waals surface area contributed by atoms with Crippen molar-refractivity contribution >= 4 is 35.2 Å². The van der Waals surface area contributed by atoms with Crippen LogP contribution in [0.1, 0.15) is 44.7 Å². The number of nitrogens with one attached hydrogen (secondary N) is 1. The second kappa shape index (κ2) is 16.6. The molecule has 0 spiro atoms. The number of piperazine rings is 1. The number of hydrogen-bond donors (Lipinski definition) is 2. The standard InChI is InChI=1S/C33H41ClF5N5O4/c1-4-5-27-29(46)43(25(18-21-6-10-23(34)11-7-21)20-42(15-14-35)31(48)33(37,38)39)16-17-44(27)28(45)26(41-30(47)32(2,3)40)19-22-8-12-24(36)13-9-22/h6-13,25-27H,4-5,14-20,40H2,1-3H3,(H,41,47). The van der Waals surface area contributed by atoms with Gasteiger partial charge in [0.05, 0.1) is 11.6 Å². The first-order chi connectivity index (χ1) is 22.5. The smallest absolute Gasteiger partial charge is 0.342 e. The number of nitrogens with two attached hydrogens (primary N) is 1. The third-order valence-electron chi connectivity index (χ3n) is 8.05. The zero-order valence-electron chi connectivity index (χ0n) is 27.0. The lowest BCUT2D eigenvalue weighted by Crippen LogP contribution is -2.66. The van der Waals surface area contributed by atoms with Crippen molar-refractivity contribution in [3.8, 4) is 0 Å². The average Bonchev–Trinajstić information content (AvgIpc) is 3.01. The molecule has 1 fully saturated rings. The molecule has 15 heteroatoms. The first kappa shape index (κ1) is 38.7. The van der Waals surface area contributed by atoms with E-state index < -0.39 is 79.1 Å². The molecular weight excluding hydrogens is 661 g/mol. The van der Waals surface area contributed by atoms with Crippen LogP contribution in [0, 0.1) is 5.82 Å². The first-order valence-electron chi connectivity index (χ1n) is 15.6. The van der Waals surface area contributed by atoms with Gasteiger partial charge in [-0.2, -0.15) is 13.2 Å². The van der Waals surface area contributed by atoms with Gasteiger partial charge in [-0.15, -0.1) is 0 Å². The molecule has 3 N–H and O–H groups in total. The van der Waals surface area contributed by atoms with Gasteiger partial charge in [0, 0.05) is 37.6 Å². The zero-order chi connectivity index (χ0) is 35.8. The fraction of sp³-hybridized carbons (Fsp3) is 0.515.